The lowest BCUT2D eigenvalue weighted by molar-refractivity contribution is 0.0652. The zero-order valence-corrected chi connectivity index (χ0v) is 11.0. The Hall–Kier alpha value is -1.96. The molecule has 5 nitrogen and oxygen atoms in total. The van der Waals surface area contributed by atoms with Gasteiger partial charge in [-0.05, 0) is 22.0 Å². The van der Waals surface area contributed by atoms with Gasteiger partial charge < -0.3 is 14.4 Å². The van der Waals surface area contributed by atoms with Gasteiger partial charge in [-0.25, -0.2) is 9.18 Å². The number of carboxylic acid groups (broad SMARTS) is 1. The van der Waals surface area contributed by atoms with Crippen LogP contribution in [0.2, 0.25) is 0 Å². The molecule has 0 amide bonds. The van der Waals surface area contributed by atoms with E-state index < -0.39 is 23.4 Å². The number of aromatic nitrogens is 1. The maximum Gasteiger partial charge on any atom is 0.374 e. The van der Waals surface area contributed by atoms with Crippen molar-refractivity contribution in [3.63, 3.8) is 0 Å². The topological polar surface area (TPSA) is 72.6 Å². The number of nitrogens with zero attached hydrogens (tertiary/aromatic N) is 1. The van der Waals surface area contributed by atoms with Crippen molar-refractivity contribution >= 4 is 21.9 Å². The Morgan fingerprint density at radius 2 is 2.11 bits per heavy atom. The van der Waals surface area contributed by atoms with Gasteiger partial charge in [-0.1, -0.05) is 5.16 Å². The van der Waals surface area contributed by atoms with E-state index in [9.17, 15) is 13.6 Å². The number of hydrogen-bond donors (Lipinski definition) is 1. The average Bonchev–Trinajstić information content (AvgIpc) is 2.84. The third kappa shape index (κ3) is 2.30. The fourth-order valence-electron chi connectivity index (χ4n) is 1.45. The van der Waals surface area contributed by atoms with Crippen LogP contribution in [-0.4, -0.2) is 23.3 Å². The number of rotatable bonds is 3. The first-order valence-electron chi connectivity index (χ1n) is 4.87. The molecular formula is C11H6BrF2NO4. The van der Waals surface area contributed by atoms with Crippen LogP contribution in [0.4, 0.5) is 8.78 Å². The van der Waals surface area contributed by atoms with Crippen LogP contribution in [0, 0.1) is 11.6 Å². The highest BCUT2D eigenvalue weighted by Crippen LogP contribution is 2.36. The molecule has 1 N–H and O–H groups in total. The molecule has 0 aliphatic rings. The molecule has 0 aliphatic carbocycles. The van der Waals surface area contributed by atoms with E-state index in [0.29, 0.717) is 0 Å². The maximum absolute atomic E-state index is 13.8. The molecule has 0 spiro atoms. The summed E-state index contributed by atoms with van der Waals surface area (Å²) >= 11 is 3.02. The van der Waals surface area contributed by atoms with Gasteiger partial charge in [-0.15, -0.1) is 0 Å². The molecule has 1 heterocycles. The summed E-state index contributed by atoms with van der Waals surface area (Å²) in [5, 5.41) is 12.1. The lowest BCUT2D eigenvalue weighted by Crippen LogP contribution is -1.97. The molecule has 0 saturated carbocycles. The van der Waals surface area contributed by atoms with Gasteiger partial charge >= 0.3 is 5.97 Å². The number of carbonyl (C=O) groups is 1. The lowest BCUT2D eigenvalue weighted by Gasteiger charge is -2.08. The number of aromatic carboxylic acids is 1. The monoisotopic (exact) mass is 333 g/mol. The minimum Gasteiger partial charge on any atom is -0.492 e. The van der Waals surface area contributed by atoms with Gasteiger partial charge in [0, 0.05) is 11.6 Å². The van der Waals surface area contributed by atoms with Crippen LogP contribution >= 0.6 is 15.9 Å². The van der Waals surface area contributed by atoms with Gasteiger partial charge in [0.15, 0.2) is 11.6 Å². The Kier molecular flexibility index (Phi) is 3.52. The highest BCUT2D eigenvalue weighted by atomic mass is 79.9. The Balaban J connectivity index is 2.59. The molecule has 1 aromatic carbocycles. The Labute approximate surface area is 113 Å². The van der Waals surface area contributed by atoms with Gasteiger partial charge in [0.1, 0.15) is 5.69 Å². The first kappa shape index (κ1) is 13.5. The summed E-state index contributed by atoms with van der Waals surface area (Å²) in [6.07, 6.45) is 0. The molecule has 2 rings (SSSR count). The molecule has 19 heavy (non-hydrogen) atoms. The first-order valence-corrected chi connectivity index (χ1v) is 5.67. The van der Waals surface area contributed by atoms with Crippen molar-refractivity contribution in [2.24, 2.45) is 0 Å². The summed E-state index contributed by atoms with van der Waals surface area (Å²) in [7, 11) is 1.20. The molecule has 0 unspecified atom stereocenters. The fourth-order valence-corrected chi connectivity index (χ4v) is 2.02. The zero-order chi connectivity index (χ0) is 14.2. The van der Waals surface area contributed by atoms with E-state index in [1.165, 1.54) is 13.2 Å². The van der Waals surface area contributed by atoms with E-state index in [1.807, 2.05) is 0 Å². The second-order valence-corrected chi connectivity index (χ2v) is 4.30. The number of benzene rings is 1. The summed E-state index contributed by atoms with van der Waals surface area (Å²) in [6.45, 7) is 0. The van der Waals surface area contributed by atoms with E-state index in [-0.39, 0.29) is 21.5 Å². The van der Waals surface area contributed by atoms with E-state index in [4.69, 9.17) is 9.84 Å². The van der Waals surface area contributed by atoms with Crippen LogP contribution in [-0.2, 0) is 0 Å². The highest BCUT2D eigenvalue weighted by Gasteiger charge is 2.22. The van der Waals surface area contributed by atoms with E-state index in [1.54, 1.807) is 0 Å². The van der Waals surface area contributed by atoms with Crippen molar-refractivity contribution in [1.29, 1.82) is 0 Å². The predicted octanol–water partition coefficient (Wildman–Crippen LogP) is 3.09. The van der Waals surface area contributed by atoms with Gasteiger partial charge in [0.2, 0.25) is 11.6 Å². The molecule has 0 radical (unpaired) electrons. The number of halogens is 3. The number of methoxy groups -OCH3 is 1. The summed E-state index contributed by atoms with van der Waals surface area (Å²) in [5.74, 6) is -4.52. The van der Waals surface area contributed by atoms with Crippen LogP contribution in [0.15, 0.2) is 21.1 Å². The molecule has 0 saturated heterocycles. The Bertz CT molecular complexity index is 656. The third-order valence-electron chi connectivity index (χ3n) is 2.32. The largest absolute Gasteiger partial charge is 0.492 e. The number of carboxylic acids is 1. The summed E-state index contributed by atoms with van der Waals surface area (Å²) in [5.41, 5.74) is -0.362. The molecule has 0 aliphatic heterocycles. The minimum absolute atomic E-state index is 0.128. The fraction of sp³-hybridized carbons (Fsp3) is 0.0909. The molecule has 100 valence electrons. The van der Waals surface area contributed by atoms with Crippen molar-refractivity contribution in [1.82, 2.24) is 5.16 Å². The van der Waals surface area contributed by atoms with Crippen molar-refractivity contribution in [3.8, 4) is 17.0 Å². The van der Waals surface area contributed by atoms with Crippen LogP contribution in [0.1, 0.15) is 10.6 Å². The smallest absolute Gasteiger partial charge is 0.374 e. The molecule has 0 bridgehead atoms. The van der Waals surface area contributed by atoms with E-state index in [0.717, 1.165) is 6.07 Å². The molecule has 0 fully saturated rings. The summed E-state index contributed by atoms with van der Waals surface area (Å²) < 4.78 is 36.8. The normalized spacial score (nSPS) is 10.5. The van der Waals surface area contributed by atoms with Crippen LogP contribution in [0.5, 0.6) is 5.75 Å². The maximum atomic E-state index is 13.8. The van der Waals surface area contributed by atoms with Crippen molar-refractivity contribution in [3.05, 3.63) is 34.0 Å². The summed E-state index contributed by atoms with van der Waals surface area (Å²) in [6, 6.07) is 2.22. The summed E-state index contributed by atoms with van der Waals surface area (Å²) in [4.78, 5) is 10.6. The first-order chi connectivity index (χ1) is 8.95. The molecule has 8 heteroatoms. The number of hydrogen-bond acceptors (Lipinski definition) is 4. The van der Waals surface area contributed by atoms with Crippen LogP contribution in [0.3, 0.4) is 0 Å². The van der Waals surface area contributed by atoms with Crippen LogP contribution < -0.4 is 4.74 Å². The van der Waals surface area contributed by atoms with E-state index in [2.05, 4.69) is 25.6 Å². The van der Waals surface area contributed by atoms with Crippen molar-refractivity contribution in [2.75, 3.05) is 7.11 Å². The van der Waals surface area contributed by atoms with Gasteiger partial charge in [0.25, 0.3) is 0 Å². The minimum atomic E-state index is -1.35. The lowest BCUT2D eigenvalue weighted by atomic mass is 10.1. The van der Waals surface area contributed by atoms with Crippen LogP contribution in [0.25, 0.3) is 11.3 Å². The highest BCUT2D eigenvalue weighted by molar-refractivity contribution is 9.10. The van der Waals surface area contributed by atoms with E-state index >= 15 is 0 Å². The second-order valence-electron chi connectivity index (χ2n) is 3.45. The second kappa shape index (κ2) is 4.96. The standard InChI is InChI=1S/C11H6BrF2NO4/c1-18-10-5(12)2-4(8(13)9(10)14)6-3-7(11(16)17)19-15-6/h2-3H,1H3,(H,16,17). The molecular weight excluding hydrogens is 328 g/mol. The molecule has 2 aromatic rings. The number of ether oxygens (including phenoxy) is 1. The van der Waals surface area contributed by atoms with Crippen molar-refractivity contribution in [2.45, 2.75) is 0 Å². The molecule has 0 atom stereocenters. The zero-order valence-electron chi connectivity index (χ0n) is 9.41. The molecule has 1 aromatic heterocycles. The SMILES string of the molecule is COc1c(Br)cc(-c2cc(C(=O)O)on2)c(F)c1F. The quantitative estimate of drug-likeness (QED) is 0.874. The van der Waals surface area contributed by atoms with Crippen molar-refractivity contribution < 1.29 is 27.9 Å². The van der Waals surface area contributed by atoms with Gasteiger partial charge in [-0.3, -0.25) is 0 Å². The van der Waals surface area contributed by atoms with Gasteiger partial charge in [-0.2, -0.15) is 4.39 Å². The van der Waals surface area contributed by atoms with Gasteiger partial charge in [0.05, 0.1) is 11.6 Å². The average molecular weight is 334 g/mol. The Morgan fingerprint density at radius 1 is 1.42 bits per heavy atom. The third-order valence-corrected chi connectivity index (χ3v) is 2.91. The predicted molar refractivity (Wildman–Crippen MR) is 63.1 cm³/mol. The Morgan fingerprint density at radius 3 is 2.63 bits per heavy atom.